The van der Waals surface area contributed by atoms with Crippen LogP contribution in [0.2, 0.25) is 0 Å². The van der Waals surface area contributed by atoms with E-state index in [1.165, 1.54) is 0 Å². The maximum absolute atomic E-state index is 12.0. The maximum atomic E-state index is 12.0. The van der Waals surface area contributed by atoms with Crippen molar-refractivity contribution >= 4 is 5.97 Å². The van der Waals surface area contributed by atoms with Gasteiger partial charge >= 0.3 is 5.97 Å². The van der Waals surface area contributed by atoms with E-state index in [-0.39, 0.29) is 6.79 Å². The molecule has 2 N–H and O–H groups in total. The molecule has 0 saturated carbocycles. The summed E-state index contributed by atoms with van der Waals surface area (Å²) in [5.74, 6) is 0.445. The number of rotatable bonds is 3. The predicted octanol–water partition coefficient (Wildman–Crippen LogP) is 1.01. The molecule has 2 heterocycles. The van der Waals surface area contributed by atoms with E-state index < -0.39 is 11.5 Å². The van der Waals surface area contributed by atoms with Crippen LogP contribution in [-0.2, 0) is 10.3 Å². The van der Waals surface area contributed by atoms with E-state index in [4.69, 9.17) is 9.47 Å². The third-order valence-corrected chi connectivity index (χ3v) is 4.32. The summed E-state index contributed by atoms with van der Waals surface area (Å²) in [6.07, 6.45) is 0.938. The van der Waals surface area contributed by atoms with E-state index in [1.807, 2.05) is 11.0 Å². The summed E-state index contributed by atoms with van der Waals surface area (Å²) in [6, 6.07) is 5.39. The third-order valence-electron chi connectivity index (χ3n) is 4.32. The first-order valence-corrected chi connectivity index (χ1v) is 7.21. The zero-order valence-electron chi connectivity index (χ0n) is 12.1. The van der Waals surface area contributed by atoms with Crippen molar-refractivity contribution in [2.45, 2.75) is 18.9 Å². The molecule has 0 spiro atoms. The largest absolute Gasteiger partial charge is 0.480 e. The van der Waals surface area contributed by atoms with E-state index in [0.29, 0.717) is 18.0 Å². The van der Waals surface area contributed by atoms with Gasteiger partial charge in [0.2, 0.25) is 6.79 Å². The first-order chi connectivity index (χ1) is 10.1. The Bertz CT molecular complexity index is 540. The smallest absolute Gasteiger partial charge is 0.328 e. The highest BCUT2D eigenvalue weighted by molar-refractivity contribution is 5.80. The highest BCUT2D eigenvalue weighted by atomic mass is 16.7. The molecule has 6 nitrogen and oxygen atoms in total. The second-order valence-electron chi connectivity index (χ2n) is 5.54. The second-order valence-corrected chi connectivity index (χ2v) is 5.54. The number of nitrogens with zero attached hydrogens (tertiary/aromatic N) is 1. The fourth-order valence-electron chi connectivity index (χ4n) is 2.93. The van der Waals surface area contributed by atoms with Gasteiger partial charge in [-0.3, -0.25) is 4.90 Å². The van der Waals surface area contributed by atoms with Gasteiger partial charge in [0.05, 0.1) is 0 Å². The molecule has 21 heavy (non-hydrogen) atoms. The van der Waals surface area contributed by atoms with Crippen LogP contribution in [0.3, 0.4) is 0 Å². The van der Waals surface area contributed by atoms with Gasteiger partial charge in [0.1, 0.15) is 5.54 Å². The first-order valence-electron chi connectivity index (χ1n) is 7.21. The average molecular weight is 292 g/mol. The van der Waals surface area contributed by atoms with Crippen molar-refractivity contribution in [3.8, 4) is 11.5 Å². The van der Waals surface area contributed by atoms with Crippen molar-refractivity contribution in [3.63, 3.8) is 0 Å². The molecule has 0 aromatic heterocycles. The molecule has 0 radical (unpaired) electrons. The number of aliphatic carboxylic acids is 1. The minimum atomic E-state index is -1.06. The van der Waals surface area contributed by atoms with Crippen LogP contribution in [0.4, 0.5) is 0 Å². The van der Waals surface area contributed by atoms with Crippen LogP contribution in [0.1, 0.15) is 18.9 Å². The SMILES string of the molecule is CC(C(=O)O)(c1ccc2c(c1)OCO2)N1CCCNCC1. The van der Waals surface area contributed by atoms with Crippen LogP contribution < -0.4 is 14.8 Å². The molecule has 1 aromatic carbocycles. The van der Waals surface area contributed by atoms with Crippen molar-refractivity contribution in [3.05, 3.63) is 23.8 Å². The fraction of sp³-hybridized carbons (Fsp3) is 0.533. The lowest BCUT2D eigenvalue weighted by atomic mass is 9.89. The van der Waals surface area contributed by atoms with Crippen LogP contribution in [-0.4, -0.2) is 48.9 Å². The van der Waals surface area contributed by atoms with Crippen LogP contribution in [0.25, 0.3) is 0 Å². The Labute approximate surface area is 123 Å². The number of nitrogens with one attached hydrogen (secondary N) is 1. The molecule has 1 aromatic rings. The lowest BCUT2D eigenvalue weighted by Gasteiger charge is -2.37. The van der Waals surface area contributed by atoms with Gasteiger partial charge in [-0.05, 0) is 37.6 Å². The van der Waals surface area contributed by atoms with Crippen molar-refractivity contribution in [1.29, 1.82) is 0 Å². The van der Waals surface area contributed by atoms with E-state index in [9.17, 15) is 9.90 Å². The van der Waals surface area contributed by atoms with Crippen LogP contribution in [0, 0.1) is 0 Å². The zero-order chi connectivity index (χ0) is 14.9. The predicted molar refractivity (Wildman–Crippen MR) is 76.6 cm³/mol. The van der Waals surface area contributed by atoms with Crippen molar-refractivity contribution in [2.75, 3.05) is 33.0 Å². The molecular weight excluding hydrogens is 272 g/mol. The Morgan fingerprint density at radius 3 is 2.90 bits per heavy atom. The lowest BCUT2D eigenvalue weighted by molar-refractivity contribution is -0.151. The van der Waals surface area contributed by atoms with E-state index in [1.54, 1.807) is 19.1 Å². The van der Waals surface area contributed by atoms with Crippen LogP contribution >= 0.6 is 0 Å². The number of hydrogen-bond donors (Lipinski definition) is 2. The standard InChI is InChI=1S/C15H20N2O4/c1-15(14(18)19,17-7-2-5-16-6-8-17)11-3-4-12-13(9-11)21-10-20-12/h3-4,9,16H,2,5-8,10H2,1H3,(H,18,19). The molecule has 6 heteroatoms. The van der Waals surface area contributed by atoms with Gasteiger partial charge in [0.15, 0.2) is 11.5 Å². The molecule has 0 amide bonds. The van der Waals surface area contributed by atoms with E-state index in [0.717, 1.165) is 31.6 Å². The quantitative estimate of drug-likeness (QED) is 0.866. The van der Waals surface area contributed by atoms with Gasteiger partial charge < -0.3 is 19.9 Å². The summed E-state index contributed by atoms with van der Waals surface area (Å²) in [4.78, 5) is 14.0. The summed E-state index contributed by atoms with van der Waals surface area (Å²) in [5, 5.41) is 13.1. The number of ether oxygens (including phenoxy) is 2. The number of hydrogen-bond acceptors (Lipinski definition) is 5. The Morgan fingerprint density at radius 2 is 2.10 bits per heavy atom. The minimum Gasteiger partial charge on any atom is -0.480 e. The highest BCUT2D eigenvalue weighted by Crippen LogP contribution is 2.38. The van der Waals surface area contributed by atoms with Crippen molar-refractivity contribution < 1.29 is 19.4 Å². The highest BCUT2D eigenvalue weighted by Gasteiger charge is 2.42. The average Bonchev–Trinajstić information content (AvgIpc) is 2.77. The second kappa shape index (κ2) is 5.54. The lowest BCUT2D eigenvalue weighted by Crippen LogP contribution is -2.51. The Balaban J connectivity index is 1.98. The number of benzene rings is 1. The molecule has 1 fully saturated rings. The number of carboxylic acids is 1. The molecule has 1 unspecified atom stereocenters. The molecule has 2 aliphatic rings. The van der Waals surface area contributed by atoms with Crippen molar-refractivity contribution in [1.82, 2.24) is 10.2 Å². The third kappa shape index (κ3) is 2.45. The van der Waals surface area contributed by atoms with Crippen molar-refractivity contribution in [2.24, 2.45) is 0 Å². The molecule has 1 atom stereocenters. The summed E-state index contributed by atoms with van der Waals surface area (Å²) in [6.45, 7) is 5.14. The summed E-state index contributed by atoms with van der Waals surface area (Å²) < 4.78 is 10.7. The minimum absolute atomic E-state index is 0.191. The molecule has 0 bridgehead atoms. The summed E-state index contributed by atoms with van der Waals surface area (Å²) in [5.41, 5.74) is -0.339. The molecule has 2 aliphatic heterocycles. The number of carboxylic acid groups (broad SMARTS) is 1. The molecule has 114 valence electrons. The fourth-order valence-corrected chi connectivity index (χ4v) is 2.93. The summed E-state index contributed by atoms with van der Waals surface area (Å²) in [7, 11) is 0. The first kappa shape index (κ1) is 14.2. The monoisotopic (exact) mass is 292 g/mol. The Kier molecular flexibility index (Phi) is 3.73. The van der Waals surface area contributed by atoms with Gasteiger partial charge in [0, 0.05) is 19.6 Å². The van der Waals surface area contributed by atoms with Gasteiger partial charge in [-0.2, -0.15) is 0 Å². The normalized spacial score (nSPS) is 21.6. The Hall–Kier alpha value is -1.79. The van der Waals surface area contributed by atoms with Gasteiger partial charge in [-0.25, -0.2) is 4.79 Å². The zero-order valence-corrected chi connectivity index (χ0v) is 12.1. The molecule has 1 saturated heterocycles. The van der Waals surface area contributed by atoms with E-state index >= 15 is 0 Å². The van der Waals surface area contributed by atoms with Crippen LogP contribution in [0.15, 0.2) is 18.2 Å². The summed E-state index contributed by atoms with van der Waals surface area (Å²) >= 11 is 0. The maximum Gasteiger partial charge on any atom is 0.328 e. The van der Waals surface area contributed by atoms with Gasteiger partial charge in [-0.15, -0.1) is 0 Å². The molecule has 0 aliphatic carbocycles. The number of fused-ring (bicyclic) bond motifs is 1. The number of carbonyl (C=O) groups is 1. The van der Waals surface area contributed by atoms with Gasteiger partial charge in [-0.1, -0.05) is 6.07 Å². The topological polar surface area (TPSA) is 71.0 Å². The van der Waals surface area contributed by atoms with E-state index in [2.05, 4.69) is 5.32 Å². The Morgan fingerprint density at radius 1 is 1.29 bits per heavy atom. The molecular formula is C15H20N2O4. The van der Waals surface area contributed by atoms with Gasteiger partial charge in [0.25, 0.3) is 0 Å². The van der Waals surface area contributed by atoms with Crippen LogP contribution in [0.5, 0.6) is 11.5 Å². The molecule has 3 rings (SSSR count).